The molecule has 3 nitrogen and oxygen atoms in total. The number of rotatable bonds is 3. The van der Waals surface area contributed by atoms with Gasteiger partial charge < -0.3 is 4.90 Å². The molecule has 1 saturated carbocycles. The van der Waals surface area contributed by atoms with Crippen molar-refractivity contribution in [3.63, 3.8) is 0 Å². The van der Waals surface area contributed by atoms with Crippen LogP contribution in [0.4, 0.5) is 0 Å². The molecule has 1 N–H and O–H groups in total. The molecule has 114 valence electrons. The fourth-order valence-corrected chi connectivity index (χ4v) is 3.71. The summed E-state index contributed by atoms with van der Waals surface area (Å²) in [6.45, 7) is 5.82. The molecule has 0 spiro atoms. The van der Waals surface area contributed by atoms with E-state index in [1.807, 2.05) is 0 Å². The zero-order valence-electron chi connectivity index (χ0n) is 13.1. The van der Waals surface area contributed by atoms with E-state index in [2.05, 4.69) is 48.3 Å². The average Bonchev–Trinajstić information content (AvgIpc) is 2.84. The van der Waals surface area contributed by atoms with Crippen LogP contribution in [0.5, 0.6) is 0 Å². The van der Waals surface area contributed by atoms with Gasteiger partial charge in [0, 0.05) is 6.54 Å². The molecule has 3 rings (SSSR count). The van der Waals surface area contributed by atoms with Crippen LogP contribution < -0.4 is 5.32 Å². The average molecular weight is 286 g/mol. The van der Waals surface area contributed by atoms with Crippen molar-refractivity contribution in [1.82, 2.24) is 10.2 Å². The lowest BCUT2D eigenvalue weighted by Gasteiger charge is -2.34. The van der Waals surface area contributed by atoms with Crippen LogP contribution in [0.3, 0.4) is 0 Å². The lowest BCUT2D eigenvalue weighted by molar-refractivity contribution is -0.129. The van der Waals surface area contributed by atoms with E-state index in [9.17, 15) is 4.79 Å². The summed E-state index contributed by atoms with van der Waals surface area (Å²) >= 11 is 0. The number of nitrogens with zero attached hydrogens (tertiary/aromatic N) is 1. The first-order chi connectivity index (χ1) is 10.1. The molecule has 2 aliphatic rings. The first kappa shape index (κ1) is 14.6. The molecular weight excluding hydrogens is 260 g/mol. The summed E-state index contributed by atoms with van der Waals surface area (Å²) in [5.74, 6) is 1.65. The predicted octanol–water partition coefficient (Wildman–Crippen LogP) is 3.25. The quantitative estimate of drug-likeness (QED) is 0.925. The first-order valence-electron chi connectivity index (χ1n) is 8.24. The maximum absolute atomic E-state index is 12.3. The third-order valence-electron chi connectivity index (χ3n) is 5.19. The second kappa shape index (κ2) is 6.18. The number of nitrogens with one attached hydrogen (secondary N) is 1. The Morgan fingerprint density at radius 1 is 1.19 bits per heavy atom. The number of carbonyl (C=O) groups is 1. The Bertz CT molecular complexity index is 496. The SMILES string of the molecule is Cc1ccc(C2NCC(=O)N2CC2CCCCC2C)cc1. The van der Waals surface area contributed by atoms with E-state index in [0.29, 0.717) is 12.5 Å². The Labute approximate surface area is 127 Å². The van der Waals surface area contributed by atoms with Crippen molar-refractivity contribution >= 4 is 5.91 Å². The maximum atomic E-state index is 12.3. The molecule has 1 saturated heterocycles. The highest BCUT2D eigenvalue weighted by molar-refractivity contribution is 5.81. The number of hydrogen-bond acceptors (Lipinski definition) is 2. The second-order valence-electron chi connectivity index (χ2n) is 6.76. The minimum atomic E-state index is 0.0622. The van der Waals surface area contributed by atoms with Gasteiger partial charge in [-0.05, 0) is 30.7 Å². The van der Waals surface area contributed by atoms with E-state index in [1.165, 1.54) is 36.8 Å². The number of benzene rings is 1. The highest BCUT2D eigenvalue weighted by atomic mass is 16.2. The van der Waals surface area contributed by atoms with E-state index in [-0.39, 0.29) is 12.1 Å². The molecule has 1 heterocycles. The number of aryl methyl sites for hydroxylation is 1. The molecule has 1 aliphatic heterocycles. The van der Waals surface area contributed by atoms with Crippen LogP contribution in [0.1, 0.15) is 49.9 Å². The van der Waals surface area contributed by atoms with Crippen molar-refractivity contribution in [1.29, 1.82) is 0 Å². The van der Waals surface area contributed by atoms with E-state index in [0.717, 1.165) is 12.5 Å². The third kappa shape index (κ3) is 3.13. The van der Waals surface area contributed by atoms with Crippen molar-refractivity contribution < 1.29 is 4.79 Å². The Kier molecular flexibility index (Phi) is 4.29. The molecule has 1 aliphatic carbocycles. The zero-order valence-corrected chi connectivity index (χ0v) is 13.1. The molecule has 3 atom stereocenters. The van der Waals surface area contributed by atoms with E-state index >= 15 is 0 Å². The van der Waals surface area contributed by atoms with Gasteiger partial charge in [-0.1, -0.05) is 56.0 Å². The highest BCUT2D eigenvalue weighted by Crippen LogP contribution is 2.33. The Hall–Kier alpha value is -1.35. The van der Waals surface area contributed by atoms with E-state index in [4.69, 9.17) is 0 Å². The van der Waals surface area contributed by atoms with Gasteiger partial charge >= 0.3 is 0 Å². The van der Waals surface area contributed by atoms with E-state index < -0.39 is 0 Å². The van der Waals surface area contributed by atoms with Crippen molar-refractivity contribution in [3.8, 4) is 0 Å². The molecule has 1 aromatic rings. The minimum absolute atomic E-state index is 0.0622. The van der Waals surface area contributed by atoms with Crippen molar-refractivity contribution in [3.05, 3.63) is 35.4 Å². The van der Waals surface area contributed by atoms with Crippen LogP contribution in [0, 0.1) is 18.8 Å². The van der Waals surface area contributed by atoms with Crippen molar-refractivity contribution in [2.75, 3.05) is 13.1 Å². The van der Waals surface area contributed by atoms with Crippen LogP contribution >= 0.6 is 0 Å². The van der Waals surface area contributed by atoms with Gasteiger partial charge in [0.25, 0.3) is 0 Å². The molecular formula is C18H26N2O. The molecule has 3 heteroatoms. The summed E-state index contributed by atoms with van der Waals surface area (Å²) in [6, 6.07) is 8.54. The fraction of sp³-hybridized carbons (Fsp3) is 0.611. The number of carbonyl (C=O) groups excluding carboxylic acids is 1. The first-order valence-corrected chi connectivity index (χ1v) is 8.24. The van der Waals surface area contributed by atoms with Crippen molar-refractivity contribution in [2.24, 2.45) is 11.8 Å². The Morgan fingerprint density at radius 3 is 2.62 bits per heavy atom. The van der Waals surface area contributed by atoms with E-state index in [1.54, 1.807) is 0 Å². The van der Waals surface area contributed by atoms with Crippen LogP contribution in [-0.4, -0.2) is 23.9 Å². The van der Waals surface area contributed by atoms with Crippen LogP contribution in [-0.2, 0) is 4.79 Å². The molecule has 1 aromatic carbocycles. The molecule has 2 fully saturated rings. The lowest BCUT2D eigenvalue weighted by Crippen LogP contribution is -2.37. The molecule has 0 aromatic heterocycles. The largest absolute Gasteiger partial charge is 0.322 e. The number of amides is 1. The lowest BCUT2D eigenvalue weighted by atomic mass is 9.80. The fourth-order valence-electron chi connectivity index (χ4n) is 3.71. The molecule has 21 heavy (non-hydrogen) atoms. The number of hydrogen-bond donors (Lipinski definition) is 1. The Balaban J connectivity index is 1.74. The molecule has 0 bridgehead atoms. The molecule has 0 radical (unpaired) electrons. The Morgan fingerprint density at radius 2 is 1.90 bits per heavy atom. The van der Waals surface area contributed by atoms with Gasteiger partial charge in [0.15, 0.2) is 0 Å². The maximum Gasteiger partial charge on any atom is 0.238 e. The molecule has 1 amide bonds. The van der Waals surface area contributed by atoms with Gasteiger partial charge in [0.1, 0.15) is 6.17 Å². The summed E-state index contributed by atoms with van der Waals surface area (Å²) in [7, 11) is 0. The summed E-state index contributed by atoms with van der Waals surface area (Å²) in [5, 5.41) is 3.37. The van der Waals surface area contributed by atoms with Crippen LogP contribution in [0.15, 0.2) is 24.3 Å². The summed E-state index contributed by atoms with van der Waals surface area (Å²) in [5.41, 5.74) is 2.46. The second-order valence-corrected chi connectivity index (χ2v) is 6.76. The smallest absolute Gasteiger partial charge is 0.238 e. The standard InChI is InChI=1S/C18H26N2O/c1-13-7-9-15(10-8-13)18-19-11-17(21)20(18)12-16-6-4-3-5-14(16)2/h7-10,14,16,18-19H,3-6,11-12H2,1-2H3. The van der Waals surface area contributed by atoms with Crippen LogP contribution in [0.2, 0.25) is 0 Å². The summed E-state index contributed by atoms with van der Waals surface area (Å²) in [6.07, 6.45) is 5.32. The van der Waals surface area contributed by atoms with Gasteiger partial charge in [-0.3, -0.25) is 10.1 Å². The van der Waals surface area contributed by atoms with Crippen LogP contribution in [0.25, 0.3) is 0 Å². The predicted molar refractivity (Wildman–Crippen MR) is 84.8 cm³/mol. The van der Waals surface area contributed by atoms with Crippen molar-refractivity contribution in [2.45, 2.75) is 45.7 Å². The summed E-state index contributed by atoms with van der Waals surface area (Å²) < 4.78 is 0. The third-order valence-corrected chi connectivity index (χ3v) is 5.19. The van der Waals surface area contributed by atoms with Gasteiger partial charge in [0.2, 0.25) is 5.91 Å². The van der Waals surface area contributed by atoms with Gasteiger partial charge in [0.05, 0.1) is 6.54 Å². The van der Waals surface area contributed by atoms with Gasteiger partial charge in [-0.15, -0.1) is 0 Å². The summed E-state index contributed by atoms with van der Waals surface area (Å²) in [4.78, 5) is 14.3. The highest BCUT2D eigenvalue weighted by Gasteiger charge is 2.34. The monoisotopic (exact) mass is 286 g/mol. The zero-order chi connectivity index (χ0) is 14.8. The molecule has 3 unspecified atom stereocenters. The van der Waals surface area contributed by atoms with Gasteiger partial charge in [-0.2, -0.15) is 0 Å². The normalized spacial score (nSPS) is 29.9. The topological polar surface area (TPSA) is 32.3 Å². The van der Waals surface area contributed by atoms with Gasteiger partial charge in [-0.25, -0.2) is 0 Å². The minimum Gasteiger partial charge on any atom is -0.322 e.